The van der Waals surface area contributed by atoms with E-state index in [0.717, 1.165) is 19.3 Å². The molecule has 5 nitrogen and oxygen atoms in total. The molecule has 1 atom stereocenters. The zero-order chi connectivity index (χ0) is 16.5. The van der Waals surface area contributed by atoms with Gasteiger partial charge in [0.1, 0.15) is 0 Å². The van der Waals surface area contributed by atoms with Gasteiger partial charge in [0.25, 0.3) is 0 Å². The van der Waals surface area contributed by atoms with Crippen molar-refractivity contribution in [2.45, 2.75) is 38.2 Å². The molecule has 5 heteroatoms. The van der Waals surface area contributed by atoms with Gasteiger partial charge in [-0.05, 0) is 12.5 Å². The molecule has 0 radical (unpaired) electrons. The van der Waals surface area contributed by atoms with Gasteiger partial charge in [-0.15, -0.1) is 0 Å². The normalized spacial score (nSPS) is 19.2. The molecule has 1 heterocycles. The van der Waals surface area contributed by atoms with Crippen molar-refractivity contribution in [2.24, 2.45) is 0 Å². The minimum Gasteiger partial charge on any atom is -0.478 e. The summed E-state index contributed by atoms with van der Waals surface area (Å²) in [5.41, 5.74) is -0.504. The van der Waals surface area contributed by atoms with Crippen LogP contribution in [0.25, 0.3) is 0 Å². The van der Waals surface area contributed by atoms with Gasteiger partial charge in [0.15, 0.2) is 6.61 Å². The first-order valence-corrected chi connectivity index (χ1v) is 7.90. The van der Waals surface area contributed by atoms with Crippen molar-refractivity contribution >= 4 is 11.9 Å². The minimum atomic E-state index is -1.20. The number of carbonyl (C=O) groups excluding carboxylic acids is 2. The number of hydrogen-bond donors (Lipinski definition) is 0. The van der Waals surface area contributed by atoms with Crippen LogP contribution in [-0.4, -0.2) is 25.2 Å². The summed E-state index contributed by atoms with van der Waals surface area (Å²) in [6.45, 7) is 2.03. The fourth-order valence-electron chi connectivity index (χ4n) is 2.39. The van der Waals surface area contributed by atoms with Crippen LogP contribution in [0.4, 0.5) is 0 Å². The van der Waals surface area contributed by atoms with Crippen LogP contribution in [-0.2, 0) is 29.4 Å². The van der Waals surface area contributed by atoms with E-state index in [4.69, 9.17) is 14.2 Å². The maximum atomic E-state index is 12.5. The molecule has 0 bridgehead atoms. The first-order chi connectivity index (χ1) is 11.2. The van der Waals surface area contributed by atoms with Crippen molar-refractivity contribution in [1.29, 1.82) is 0 Å². The van der Waals surface area contributed by atoms with Crippen LogP contribution in [0.5, 0.6) is 0 Å². The fourth-order valence-corrected chi connectivity index (χ4v) is 2.39. The maximum Gasteiger partial charge on any atom is 0.356 e. The average Bonchev–Trinajstić information content (AvgIpc) is 3.08. The zero-order valence-electron chi connectivity index (χ0n) is 13.3. The lowest BCUT2D eigenvalue weighted by Crippen LogP contribution is -2.38. The first-order valence-electron chi connectivity index (χ1n) is 7.90. The highest BCUT2D eigenvalue weighted by atomic mass is 16.6. The third-order valence-corrected chi connectivity index (χ3v) is 3.67. The molecule has 1 aliphatic heterocycles. The summed E-state index contributed by atoms with van der Waals surface area (Å²) in [5.74, 6) is -1.12. The molecule has 0 aromatic heterocycles. The van der Waals surface area contributed by atoms with E-state index in [9.17, 15) is 9.59 Å². The van der Waals surface area contributed by atoms with Gasteiger partial charge in [0.2, 0.25) is 5.60 Å². The van der Waals surface area contributed by atoms with Gasteiger partial charge >= 0.3 is 11.9 Å². The number of unbranched alkanes of at least 4 members (excludes halogenated alkanes) is 2. The SMILES string of the molecule is CCCCCOC(=O)COC(=O)C1(c2ccccc2)CC=CO1. The molecule has 0 saturated heterocycles. The number of carbonyl (C=O) groups is 2. The van der Waals surface area contributed by atoms with Gasteiger partial charge < -0.3 is 14.2 Å². The zero-order valence-corrected chi connectivity index (χ0v) is 13.3. The molecular weight excluding hydrogens is 296 g/mol. The van der Waals surface area contributed by atoms with E-state index in [-0.39, 0.29) is 0 Å². The van der Waals surface area contributed by atoms with E-state index in [1.807, 2.05) is 18.2 Å². The molecule has 0 spiro atoms. The standard InChI is InChI=1S/C18H22O5/c1-2-3-7-12-21-16(19)14-22-17(20)18(11-8-13-23-18)15-9-5-4-6-10-15/h4-6,8-10,13H,2-3,7,11-12,14H2,1H3. The van der Waals surface area contributed by atoms with Crippen molar-refractivity contribution in [3.63, 3.8) is 0 Å². The lowest BCUT2D eigenvalue weighted by atomic mass is 9.91. The highest BCUT2D eigenvalue weighted by Crippen LogP contribution is 2.35. The summed E-state index contributed by atoms with van der Waals surface area (Å²) < 4.78 is 15.7. The molecule has 2 rings (SSSR count). The van der Waals surface area contributed by atoms with Crippen LogP contribution in [0.1, 0.15) is 38.2 Å². The molecule has 1 unspecified atom stereocenters. The highest BCUT2D eigenvalue weighted by Gasteiger charge is 2.45. The second-order valence-corrected chi connectivity index (χ2v) is 5.39. The second kappa shape index (κ2) is 8.36. The van der Waals surface area contributed by atoms with Crippen LogP contribution >= 0.6 is 0 Å². The van der Waals surface area contributed by atoms with Crippen LogP contribution in [0.3, 0.4) is 0 Å². The Hall–Kier alpha value is -2.30. The lowest BCUT2D eigenvalue weighted by molar-refractivity contribution is -0.172. The van der Waals surface area contributed by atoms with Gasteiger partial charge in [-0.2, -0.15) is 0 Å². The van der Waals surface area contributed by atoms with Crippen molar-refractivity contribution in [3.05, 3.63) is 48.2 Å². The maximum absolute atomic E-state index is 12.5. The molecular formula is C18H22O5. The minimum absolute atomic E-state index is 0.353. The van der Waals surface area contributed by atoms with Gasteiger partial charge in [-0.1, -0.05) is 50.1 Å². The van der Waals surface area contributed by atoms with E-state index in [1.54, 1.807) is 18.2 Å². The Labute approximate surface area is 136 Å². The third-order valence-electron chi connectivity index (χ3n) is 3.67. The number of benzene rings is 1. The Morgan fingerprint density at radius 1 is 1.17 bits per heavy atom. The summed E-state index contributed by atoms with van der Waals surface area (Å²) in [5, 5.41) is 0. The molecule has 0 saturated carbocycles. The second-order valence-electron chi connectivity index (χ2n) is 5.39. The molecule has 1 aromatic rings. The van der Waals surface area contributed by atoms with Crippen molar-refractivity contribution in [3.8, 4) is 0 Å². The van der Waals surface area contributed by atoms with E-state index in [2.05, 4.69) is 6.92 Å². The Morgan fingerprint density at radius 3 is 2.61 bits per heavy atom. The smallest absolute Gasteiger partial charge is 0.356 e. The summed E-state index contributed by atoms with van der Waals surface area (Å²) in [6.07, 6.45) is 6.49. The highest BCUT2D eigenvalue weighted by molar-refractivity contribution is 5.84. The van der Waals surface area contributed by atoms with Crippen molar-refractivity contribution in [1.82, 2.24) is 0 Å². The molecule has 0 fully saturated rings. The Balaban J connectivity index is 1.89. The molecule has 0 aliphatic carbocycles. The van der Waals surface area contributed by atoms with Gasteiger partial charge in [-0.3, -0.25) is 0 Å². The van der Waals surface area contributed by atoms with Crippen LogP contribution in [0.15, 0.2) is 42.7 Å². The summed E-state index contributed by atoms with van der Waals surface area (Å²) in [4.78, 5) is 24.1. The van der Waals surface area contributed by atoms with E-state index >= 15 is 0 Å². The van der Waals surface area contributed by atoms with Crippen molar-refractivity contribution in [2.75, 3.05) is 13.2 Å². The third kappa shape index (κ3) is 4.34. The Kier molecular flexibility index (Phi) is 6.20. The molecule has 1 aliphatic rings. The molecule has 1 aromatic carbocycles. The lowest BCUT2D eigenvalue weighted by Gasteiger charge is -2.26. The van der Waals surface area contributed by atoms with Gasteiger partial charge in [0.05, 0.1) is 12.9 Å². The van der Waals surface area contributed by atoms with E-state index < -0.39 is 24.1 Å². The Morgan fingerprint density at radius 2 is 1.96 bits per heavy atom. The molecule has 0 N–H and O–H groups in total. The van der Waals surface area contributed by atoms with Crippen LogP contribution < -0.4 is 0 Å². The molecule has 23 heavy (non-hydrogen) atoms. The van der Waals surface area contributed by atoms with E-state index in [0.29, 0.717) is 18.6 Å². The first kappa shape index (κ1) is 17.1. The predicted octanol–water partition coefficient (Wildman–Crippen LogP) is 3.09. The van der Waals surface area contributed by atoms with Gasteiger partial charge in [-0.25, -0.2) is 9.59 Å². The summed E-state index contributed by atoms with van der Waals surface area (Å²) in [7, 11) is 0. The van der Waals surface area contributed by atoms with Crippen LogP contribution in [0.2, 0.25) is 0 Å². The molecule has 0 amide bonds. The van der Waals surface area contributed by atoms with Gasteiger partial charge in [0, 0.05) is 12.0 Å². The fraction of sp³-hybridized carbons (Fsp3) is 0.444. The quantitative estimate of drug-likeness (QED) is 0.544. The number of ether oxygens (including phenoxy) is 3. The largest absolute Gasteiger partial charge is 0.478 e. The number of rotatable bonds is 8. The van der Waals surface area contributed by atoms with E-state index in [1.165, 1.54) is 6.26 Å². The average molecular weight is 318 g/mol. The summed E-state index contributed by atoms with van der Waals surface area (Å²) in [6, 6.07) is 9.12. The monoisotopic (exact) mass is 318 g/mol. The van der Waals surface area contributed by atoms with Crippen molar-refractivity contribution < 1.29 is 23.8 Å². The number of hydrogen-bond acceptors (Lipinski definition) is 5. The Bertz CT molecular complexity index is 542. The van der Waals surface area contributed by atoms with Crippen LogP contribution in [0, 0.1) is 0 Å². The number of esters is 2. The topological polar surface area (TPSA) is 61.8 Å². The molecule has 124 valence electrons. The predicted molar refractivity (Wildman–Crippen MR) is 84.4 cm³/mol. The summed E-state index contributed by atoms with van der Waals surface area (Å²) >= 11 is 0.